The average molecular weight is 220 g/mol. The number of benzene rings is 1. The fourth-order valence-corrected chi connectivity index (χ4v) is 1.66. The van der Waals surface area contributed by atoms with Crippen LogP contribution < -0.4 is 11.1 Å². The van der Waals surface area contributed by atoms with E-state index in [1.54, 1.807) is 12.1 Å². The zero-order valence-corrected chi connectivity index (χ0v) is 9.29. The highest BCUT2D eigenvalue weighted by molar-refractivity contribution is 6.00. The summed E-state index contributed by atoms with van der Waals surface area (Å²) < 4.78 is 0. The van der Waals surface area contributed by atoms with E-state index in [-0.39, 0.29) is 12.5 Å². The van der Waals surface area contributed by atoms with Crippen molar-refractivity contribution in [3.63, 3.8) is 0 Å². The zero-order valence-electron chi connectivity index (χ0n) is 9.29. The maximum atomic E-state index is 11.9. The Hall–Kier alpha value is -1.55. The van der Waals surface area contributed by atoms with Crippen molar-refractivity contribution in [2.24, 2.45) is 0 Å². The highest BCUT2D eigenvalue weighted by Gasteiger charge is 2.43. The fraction of sp³-hybridized carbons (Fsp3) is 0.417. The molecule has 4 nitrogen and oxygen atoms in total. The zero-order chi connectivity index (χ0) is 11.8. The molecule has 2 rings (SSSR count). The van der Waals surface area contributed by atoms with Gasteiger partial charge in [0.25, 0.3) is 5.91 Å². The summed E-state index contributed by atoms with van der Waals surface area (Å²) in [5, 5.41) is 12.0. The van der Waals surface area contributed by atoms with Crippen LogP contribution in [0.3, 0.4) is 0 Å². The van der Waals surface area contributed by atoms with E-state index in [1.165, 1.54) is 0 Å². The molecule has 1 fully saturated rings. The van der Waals surface area contributed by atoms with Crippen LogP contribution in [-0.2, 0) is 0 Å². The quantitative estimate of drug-likeness (QED) is 0.660. The molecule has 0 radical (unpaired) electrons. The highest BCUT2D eigenvalue weighted by Crippen LogP contribution is 2.35. The normalized spacial score (nSPS) is 16.9. The molecular weight excluding hydrogens is 204 g/mol. The minimum atomic E-state index is -0.396. The van der Waals surface area contributed by atoms with Gasteiger partial charge in [0.2, 0.25) is 0 Å². The minimum absolute atomic E-state index is 0.00946. The Morgan fingerprint density at radius 1 is 1.56 bits per heavy atom. The summed E-state index contributed by atoms with van der Waals surface area (Å²) in [6, 6.07) is 5.37. The summed E-state index contributed by atoms with van der Waals surface area (Å²) in [6.45, 7) is 1.86. The van der Waals surface area contributed by atoms with Gasteiger partial charge in [-0.2, -0.15) is 0 Å². The maximum absolute atomic E-state index is 11.9. The Balaban J connectivity index is 2.18. The lowest BCUT2D eigenvalue weighted by atomic mass is 10.1. The molecule has 1 aliphatic rings. The number of carbonyl (C=O) groups excluding carboxylic acids is 1. The Kier molecular flexibility index (Phi) is 2.59. The van der Waals surface area contributed by atoms with Gasteiger partial charge in [0.15, 0.2) is 0 Å². The van der Waals surface area contributed by atoms with Crippen molar-refractivity contribution in [2.45, 2.75) is 25.3 Å². The smallest absolute Gasteiger partial charge is 0.253 e. The molecular formula is C12H16N2O2. The molecule has 1 aromatic carbocycles. The van der Waals surface area contributed by atoms with Crippen LogP contribution >= 0.6 is 0 Å². The molecule has 0 aromatic heterocycles. The SMILES string of the molecule is Cc1cccc(C(=O)NC2(CO)CC2)c1N. The Labute approximate surface area is 94.5 Å². The van der Waals surface area contributed by atoms with Gasteiger partial charge in [-0.1, -0.05) is 12.1 Å². The second kappa shape index (κ2) is 3.79. The van der Waals surface area contributed by atoms with Crippen LogP contribution in [-0.4, -0.2) is 23.2 Å². The number of hydrogen-bond donors (Lipinski definition) is 3. The third-order valence-corrected chi connectivity index (χ3v) is 3.10. The van der Waals surface area contributed by atoms with E-state index in [0.29, 0.717) is 11.3 Å². The number of nitrogen functional groups attached to an aromatic ring is 1. The van der Waals surface area contributed by atoms with Crippen LogP contribution in [0.5, 0.6) is 0 Å². The monoisotopic (exact) mass is 220 g/mol. The lowest BCUT2D eigenvalue weighted by molar-refractivity contribution is 0.0907. The summed E-state index contributed by atoms with van der Waals surface area (Å²) in [4.78, 5) is 11.9. The molecule has 0 heterocycles. The predicted octanol–water partition coefficient (Wildman–Crippen LogP) is 0.832. The number of amides is 1. The molecule has 1 aromatic rings. The molecule has 0 atom stereocenters. The Morgan fingerprint density at radius 3 is 2.81 bits per heavy atom. The maximum Gasteiger partial charge on any atom is 0.253 e. The standard InChI is InChI=1S/C12H16N2O2/c1-8-3-2-4-9(10(8)13)11(16)14-12(7-15)5-6-12/h2-4,15H,5-7,13H2,1H3,(H,14,16). The first kappa shape index (κ1) is 11.0. The number of rotatable bonds is 3. The van der Waals surface area contributed by atoms with Gasteiger partial charge < -0.3 is 16.2 Å². The van der Waals surface area contributed by atoms with Crippen LogP contribution in [0.25, 0.3) is 0 Å². The Bertz CT molecular complexity index is 425. The number of para-hydroxylation sites is 1. The summed E-state index contributed by atoms with van der Waals surface area (Å²) in [5.41, 5.74) is 7.33. The van der Waals surface area contributed by atoms with Crippen LogP contribution in [0, 0.1) is 6.92 Å². The summed E-state index contributed by atoms with van der Waals surface area (Å²) in [7, 11) is 0. The van der Waals surface area contributed by atoms with Crippen molar-refractivity contribution >= 4 is 11.6 Å². The van der Waals surface area contributed by atoms with Gasteiger partial charge in [-0.15, -0.1) is 0 Å². The van der Waals surface area contributed by atoms with E-state index >= 15 is 0 Å². The van der Waals surface area contributed by atoms with E-state index < -0.39 is 5.54 Å². The molecule has 1 saturated carbocycles. The van der Waals surface area contributed by atoms with Crippen LogP contribution in [0.15, 0.2) is 18.2 Å². The van der Waals surface area contributed by atoms with Crippen molar-refractivity contribution < 1.29 is 9.90 Å². The minimum Gasteiger partial charge on any atom is -0.398 e. The van der Waals surface area contributed by atoms with Crippen molar-refractivity contribution in [3.8, 4) is 0 Å². The molecule has 0 bridgehead atoms. The number of hydrogen-bond acceptors (Lipinski definition) is 3. The van der Waals surface area contributed by atoms with Gasteiger partial charge in [0.05, 0.1) is 17.7 Å². The fourth-order valence-electron chi connectivity index (χ4n) is 1.66. The van der Waals surface area contributed by atoms with Gasteiger partial charge in [-0.3, -0.25) is 4.79 Å². The van der Waals surface area contributed by atoms with Gasteiger partial charge in [0.1, 0.15) is 0 Å². The van der Waals surface area contributed by atoms with E-state index in [9.17, 15) is 4.79 Å². The topological polar surface area (TPSA) is 75.3 Å². The van der Waals surface area contributed by atoms with Crippen LogP contribution in [0.4, 0.5) is 5.69 Å². The number of aliphatic hydroxyl groups excluding tert-OH is 1. The third kappa shape index (κ3) is 1.88. The molecule has 1 amide bonds. The lowest BCUT2D eigenvalue weighted by Crippen LogP contribution is -2.39. The van der Waals surface area contributed by atoms with E-state index in [0.717, 1.165) is 18.4 Å². The molecule has 0 saturated heterocycles. The van der Waals surface area contributed by atoms with Gasteiger partial charge in [-0.05, 0) is 31.4 Å². The number of carbonyl (C=O) groups is 1. The predicted molar refractivity (Wildman–Crippen MR) is 62.1 cm³/mol. The van der Waals surface area contributed by atoms with E-state index in [2.05, 4.69) is 5.32 Å². The summed E-state index contributed by atoms with van der Waals surface area (Å²) in [5.74, 6) is -0.201. The third-order valence-electron chi connectivity index (χ3n) is 3.10. The highest BCUT2D eigenvalue weighted by atomic mass is 16.3. The van der Waals surface area contributed by atoms with Gasteiger partial charge in [-0.25, -0.2) is 0 Å². The molecule has 0 spiro atoms. The number of aryl methyl sites for hydroxylation is 1. The molecule has 86 valence electrons. The van der Waals surface area contributed by atoms with E-state index in [4.69, 9.17) is 10.8 Å². The molecule has 0 aliphatic heterocycles. The molecule has 4 N–H and O–H groups in total. The van der Waals surface area contributed by atoms with Crippen molar-refractivity contribution in [2.75, 3.05) is 12.3 Å². The van der Waals surface area contributed by atoms with Crippen LogP contribution in [0.1, 0.15) is 28.8 Å². The van der Waals surface area contributed by atoms with Gasteiger partial charge in [0, 0.05) is 5.69 Å². The first-order chi connectivity index (χ1) is 7.58. The molecule has 1 aliphatic carbocycles. The van der Waals surface area contributed by atoms with Crippen molar-refractivity contribution in [1.29, 1.82) is 0 Å². The second-order valence-electron chi connectivity index (χ2n) is 4.43. The lowest BCUT2D eigenvalue weighted by Gasteiger charge is -2.15. The van der Waals surface area contributed by atoms with Gasteiger partial charge >= 0.3 is 0 Å². The van der Waals surface area contributed by atoms with Crippen molar-refractivity contribution in [1.82, 2.24) is 5.32 Å². The summed E-state index contributed by atoms with van der Waals surface area (Å²) in [6.07, 6.45) is 1.67. The second-order valence-corrected chi connectivity index (χ2v) is 4.43. The Morgan fingerprint density at radius 2 is 2.25 bits per heavy atom. The number of anilines is 1. The summed E-state index contributed by atoms with van der Waals surface area (Å²) >= 11 is 0. The largest absolute Gasteiger partial charge is 0.398 e. The molecule has 16 heavy (non-hydrogen) atoms. The number of nitrogens with one attached hydrogen (secondary N) is 1. The molecule has 4 heteroatoms. The first-order valence-electron chi connectivity index (χ1n) is 5.36. The number of aliphatic hydroxyl groups is 1. The average Bonchev–Trinajstić information content (AvgIpc) is 3.02. The molecule has 0 unspecified atom stereocenters. The van der Waals surface area contributed by atoms with Crippen molar-refractivity contribution in [3.05, 3.63) is 29.3 Å². The van der Waals surface area contributed by atoms with Crippen LogP contribution in [0.2, 0.25) is 0 Å². The van der Waals surface area contributed by atoms with E-state index in [1.807, 2.05) is 13.0 Å². The first-order valence-corrected chi connectivity index (χ1v) is 5.36. The number of nitrogens with two attached hydrogens (primary N) is 1.